The van der Waals surface area contributed by atoms with Gasteiger partial charge in [0.2, 0.25) is 0 Å². The van der Waals surface area contributed by atoms with Crippen molar-refractivity contribution in [2.45, 2.75) is 53.3 Å². The number of nitriles is 1. The van der Waals surface area contributed by atoms with Crippen LogP contribution in [0.25, 0.3) is 0 Å². The van der Waals surface area contributed by atoms with Crippen molar-refractivity contribution < 1.29 is 13.9 Å². The molecule has 0 aromatic heterocycles. The summed E-state index contributed by atoms with van der Waals surface area (Å²) >= 11 is 0. The lowest BCUT2D eigenvalue weighted by atomic mass is 9.59. The summed E-state index contributed by atoms with van der Waals surface area (Å²) in [6.45, 7) is 8.60. The van der Waals surface area contributed by atoms with Gasteiger partial charge in [0, 0.05) is 30.5 Å². The van der Waals surface area contributed by atoms with Gasteiger partial charge < -0.3 is 5.11 Å². The number of nitrogens with zero attached hydrogens (tertiary/aromatic N) is 2. The maximum Gasteiger partial charge on any atom is 0.128 e. The number of aryl methyl sites for hydroxylation is 1. The highest BCUT2D eigenvalue weighted by atomic mass is 19.1. The molecule has 132 valence electrons. The second-order valence-corrected chi connectivity index (χ2v) is 7.92. The molecule has 5 heteroatoms. The fraction of sp³-hybridized carbons (Fsp3) is 0.632. The average molecular weight is 336 g/mol. The van der Waals surface area contributed by atoms with E-state index in [1.165, 1.54) is 12.1 Å². The van der Waals surface area contributed by atoms with Crippen LogP contribution >= 0.6 is 0 Å². The van der Waals surface area contributed by atoms with Crippen LogP contribution in [0.4, 0.5) is 8.78 Å². The fourth-order valence-corrected chi connectivity index (χ4v) is 3.67. The van der Waals surface area contributed by atoms with Gasteiger partial charge in [0.1, 0.15) is 17.7 Å². The molecular weight excluding hydrogens is 310 g/mol. The SMILES string of the molecule is Cc1cc(F)c(CN2CCC(CC#N)(C(C)(C)C)C(F)C2)cc1O. The highest BCUT2D eigenvalue weighted by molar-refractivity contribution is 5.36. The van der Waals surface area contributed by atoms with Gasteiger partial charge in [-0.05, 0) is 43.0 Å². The zero-order valence-corrected chi connectivity index (χ0v) is 14.9. The molecule has 1 aliphatic rings. The van der Waals surface area contributed by atoms with Crippen LogP contribution in [0, 0.1) is 34.9 Å². The summed E-state index contributed by atoms with van der Waals surface area (Å²) in [7, 11) is 0. The summed E-state index contributed by atoms with van der Waals surface area (Å²) in [5.41, 5.74) is -0.138. The summed E-state index contributed by atoms with van der Waals surface area (Å²) in [6, 6.07) is 4.87. The van der Waals surface area contributed by atoms with E-state index in [0.717, 1.165) is 0 Å². The molecule has 1 saturated heterocycles. The molecule has 0 aliphatic carbocycles. The Morgan fingerprint density at radius 1 is 1.42 bits per heavy atom. The van der Waals surface area contributed by atoms with Crippen molar-refractivity contribution in [3.8, 4) is 11.8 Å². The number of likely N-dealkylation sites (tertiary alicyclic amines) is 1. The first kappa shape index (κ1) is 18.7. The van der Waals surface area contributed by atoms with Gasteiger partial charge in [-0.15, -0.1) is 0 Å². The molecule has 0 bridgehead atoms. The first-order valence-corrected chi connectivity index (χ1v) is 8.32. The highest BCUT2D eigenvalue weighted by Gasteiger charge is 2.51. The van der Waals surface area contributed by atoms with Crippen LogP contribution in [0.2, 0.25) is 0 Å². The number of alkyl halides is 1. The fourth-order valence-electron chi connectivity index (χ4n) is 3.67. The molecule has 1 aliphatic heterocycles. The van der Waals surface area contributed by atoms with Crippen LogP contribution in [0.1, 0.15) is 44.7 Å². The molecule has 1 aromatic carbocycles. The minimum absolute atomic E-state index is 0.0497. The van der Waals surface area contributed by atoms with Gasteiger partial charge in [-0.25, -0.2) is 8.78 Å². The summed E-state index contributed by atoms with van der Waals surface area (Å²) in [4.78, 5) is 1.86. The van der Waals surface area contributed by atoms with Crippen LogP contribution in [0.15, 0.2) is 12.1 Å². The van der Waals surface area contributed by atoms with E-state index >= 15 is 4.39 Å². The van der Waals surface area contributed by atoms with Crippen molar-refractivity contribution >= 4 is 0 Å². The van der Waals surface area contributed by atoms with Gasteiger partial charge in [0.05, 0.1) is 6.07 Å². The lowest BCUT2D eigenvalue weighted by Crippen LogP contribution is -2.54. The van der Waals surface area contributed by atoms with Crippen molar-refractivity contribution in [1.29, 1.82) is 5.26 Å². The Morgan fingerprint density at radius 2 is 2.08 bits per heavy atom. The lowest BCUT2D eigenvalue weighted by Gasteiger charge is -2.51. The van der Waals surface area contributed by atoms with Crippen LogP contribution in [0.5, 0.6) is 5.75 Å². The Balaban J connectivity index is 2.16. The van der Waals surface area contributed by atoms with Crippen molar-refractivity contribution in [3.63, 3.8) is 0 Å². The summed E-state index contributed by atoms with van der Waals surface area (Å²) < 4.78 is 29.1. The number of phenols is 1. The van der Waals surface area contributed by atoms with Gasteiger partial charge in [0.25, 0.3) is 0 Å². The summed E-state index contributed by atoms with van der Waals surface area (Å²) in [5.74, 6) is -0.334. The van der Waals surface area contributed by atoms with Crippen molar-refractivity contribution in [2.75, 3.05) is 13.1 Å². The molecule has 1 aromatic rings. The number of phenolic OH excluding ortho intramolecular Hbond substituents is 1. The van der Waals surface area contributed by atoms with Crippen molar-refractivity contribution in [1.82, 2.24) is 4.90 Å². The summed E-state index contributed by atoms with van der Waals surface area (Å²) in [5, 5.41) is 18.9. The zero-order valence-electron chi connectivity index (χ0n) is 14.9. The number of hydrogen-bond donors (Lipinski definition) is 1. The number of aromatic hydroxyl groups is 1. The molecule has 0 spiro atoms. The molecule has 2 atom stereocenters. The maximum atomic E-state index is 15.0. The molecule has 1 N–H and O–H groups in total. The van der Waals surface area contributed by atoms with E-state index in [1.54, 1.807) is 6.92 Å². The third-order valence-electron chi connectivity index (χ3n) is 5.54. The minimum Gasteiger partial charge on any atom is -0.508 e. The lowest BCUT2D eigenvalue weighted by molar-refractivity contribution is -0.0662. The Morgan fingerprint density at radius 3 is 2.62 bits per heavy atom. The minimum atomic E-state index is -1.15. The molecule has 0 radical (unpaired) electrons. The van der Waals surface area contributed by atoms with Crippen LogP contribution in [0.3, 0.4) is 0 Å². The van der Waals surface area contributed by atoms with Crippen molar-refractivity contribution in [2.24, 2.45) is 10.8 Å². The molecule has 0 saturated carbocycles. The van der Waals surface area contributed by atoms with E-state index in [0.29, 0.717) is 24.1 Å². The molecule has 2 unspecified atom stereocenters. The van der Waals surface area contributed by atoms with E-state index in [1.807, 2.05) is 25.7 Å². The second kappa shape index (κ2) is 6.68. The van der Waals surface area contributed by atoms with E-state index in [-0.39, 0.29) is 36.5 Å². The van der Waals surface area contributed by atoms with E-state index in [2.05, 4.69) is 6.07 Å². The standard InChI is InChI=1S/C19H26F2N2O/c1-13-9-15(20)14(10-16(13)24)11-23-8-6-19(5-7-22,17(21)12-23)18(2,3)4/h9-10,17,24H,5-6,8,11-12H2,1-4H3. The Kier molecular flexibility index (Phi) is 5.19. The Bertz CT molecular complexity index is 648. The highest BCUT2D eigenvalue weighted by Crippen LogP contribution is 2.50. The molecule has 3 nitrogen and oxygen atoms in total. The Hall–Kier alpha value is -1.67. The third-order valence-corrected chi connectivity index (χ3v) is 5.54. The van der Waals surface area contributed by atoms with E-state index in [9.17, 15) is 9.50 Å². The van der Waals surface area contributed by atoms with Crippen molar-refractivity contribution in [3.05, 3.63) is 29.1 Å². The molecule has 1 heterocycles. The van der Waals surface area contributed by atoms with Crippen LogP contribution in [-0.4, -0.2) is 29.3 Å². The van der Waals surface area contributed by atoms with Crippen LogP contribution < -0.4 is 0 Å². The second-order valence-electron chi connectivity index (χ2n) is 7.92. The predicted molar refractivity (Wildman–Crippen MR) is 89.7 cm³/mol. The van der Waals surface area contributed by atoms with Gasteiger partial charge in [-0.3, -0.25) is 4.90 Å². The molecule has 2 rings (SSSR count). The van der Waals surface area contributed by atoms with Gasteiger partial charge >= 0.3 is 0 Å². The van der Waals surface area contributed by atoms with E-state index < -0.39 is 11.6 Å². The first-order chi connectivity index (χ1) is 11.1. The zero-order chi connectivity index (χ0) is 18.1. The first-order valence-electron chi connectivity index (χ1n) is 8.32. The molecular formula is C19H26F2N2O. The molecule has 1 fully saturated rings. The number of hydrogen-bond acceptors (Lipinski definition) is 3. The number of rotatable bonds is 3. The number of piperidine rings is 1. The van der Waals surface area contributed by atoms with Crippen LogP contribution in [-0.2, 0) is 6.54 Å². The smallest absolute Gasteiger partial charge is 0.128 e. The number of halogens is 2. The third kappa shape index (κ3) is 3.39. The molecule has 0 amide bonds. The molecule has 24 heavy (non-hydrogen) atoms. The van der Waals surface area contributed by atoms with Gasteiger partial charge in [-0.2, -0.15) is 5.26 Å². The number of benzene rings is 1. The quantitative estimate of drug-likeness (QED) is 0.894. The monoisotopic (exact) mass is 336 g/mol. The normalized spacial score (nSPS) is 25.5. The average Bonchev–Trinajstić information content (AvgIpc) is 2.46. The summed E-state index contributed by atoms with van der Waals surface area (Å²) in [6.07, 6.45) is -0.399. The topological polar surface area (TPSA) is 47.3 Å². The Labute approximate surface area is 142 Å². The maximum absolute atomic E-state index is 15.0. The van der Waals surface area contributed by atoms with Gasteiger partial charge in [-0.1, -0.05) is 20.8 Å². The largest absolute Gasteiger partial charge is 0.508 e. The predicted octanol–water partition coefficient (Wildman–Crippen LogP) is 4.33. The van der Waals surface area contributed by atoms with Gasteiger partial charge in [0.15, 0.2) is 0 Å². The van der Waals surface area contributed by atoms with E-state index in [4.69, 9.17) is 5.26 Å².